The van der Waals surface area contributed by atoms with Gasteiger partial charge in [-0.05, 0) is 37.0 Å². The average Bonchev–Trinajstić information content (AvgIpc) is 3.03. The number of likely N-dealkylation sites (tertiary alicyclic amines) is 1. The number of amides is 1. The van der Waals surface area contributed by atoms with Gasteiger partial charge in [-0.1, -0.05) is 24.3 Å². The van der Waals surface area contributed by atoms with E-state index < -0.39 is 5.60 Å². The van der Waals surface area contributed by atoms with Crippen LogP contribution in [0.4, 0.5) is 0 Å². The summed E-state index contributed by atoms with van der Waals surface area (Å²) in [7, 11) is 3.22. The van der Waals surface area contributed by atoms with Gasteiger partial charge in [0, 0.05) is 24.6 Å². The minimum absolute atomic E-state index is 0.0578. The summed E-state index contributed by atoms with van der Waals surface area (Å²) in [6.07, 6.45) is 2.49. The number of ether oxygens (including phenoxy) is 3. The zero-order valence-electron chi connectivity index (χ0n) is 16.8. The molecular formula is C23H25NO5. The third-order valence-corrected chi connectivity index (χ3v) is 5.84. The minimum Gasteiger partial charge on any atom is -0.497 e. The van der Waals surface area contributed by atoms with Crippen LogP contribution >= 0.6 is 0 Å². The Morgan fingerprint density at radius 1 is 1.17 bits per heavy atom. The van der Waals surface area contributed by atoms with E-state index in [1.165, 1.54) is 0 Å². The van der Waals surface area contributed by atoms with Crippen molar-refractivity contribution >= 4 is 11.9 Å². The van der Waals surface area contributed by atoms with Gasteiger partial charge in [0.15, 0.2) is 5.60 Å². The molecule has 0 saturated carbocycles. The lowest BCUT2D eigenvalue weighted by Gasteiger charge is -2.39. The van der Waals surface area contributed by atoms with Gasteiger partial charge in [0.1, 0.15) is 11.5 Å². The van der Waals surface area contributed by atoms with Crippen LogP contribution < -0.4 is 9.47 Å². The third-order valence-electron chi connectivity index (χ3n) is 5.84. The van der Waals surface area contributed by atoms with E-state index in [4.69, 9.17) is 14.2 Å². The highest BCUT2D eigenvalue weighted by molar-refractivity contribution is 5.95. The molecule has 2 heterocycles. The number of carbonyl (C=O) groups is 2. The summed E-state index contributed by atoms with van der Waals surface area (Å²) in [4.78, 5) is 27.1. The van der Waals surface area contributed by atoms with Crippen LogP contribution in [-0.2, 0) is 21.6 Å². The number of aryl methyl sites for hydroxylation is 1. The largest absolute Gasteiger partial charge is 0.497 e. The summed E-state index contributed by atoms with van der Waals surface area (Å²) in [6.45, 7) is 1.09. The number of hydrogen-bond acceptors (Lipinski definition) is 5. The molecule has 1 amide bonds. The van der Waals surface area contributed by atoms with Crippen molar-refractivity contribution in [1.82, 2.24) is 4.90 Å². The smallest absolute Gasteiger partial charge is 0.339 e. The normalized spacial score (nSPS) is 20.3. The van der Waals surface area contributed by atoms with Crippen molar-refractivity contribution in [2.75, 3.05) is 27.3 Å². The summed E-state index contributed by atoms with van der Waals surface area (Å²) in [5.41, 5.74) is 1.77. The van der Waals surface area contributed by atoms with Gasteiger partial charge in [0.25, 0.3) is 0 Å². The third kappa shape index (κ3) is 3.55. The highest BCUT2D eigenvalue weighted by Crippen LogP contribution is 2.42. The second kappa shape index (κ2) is 7.78. The fourth-order valence-corrected chi connectivity index (χ4v) is 4.34. The summed E-state index contributed by atoms with van der Waals surface area (Å²) >= 11 is 0. The Labute approximate surface area is 170 Å². The lowest BCUT2D eigenvalue weighted by Crippen LogP contribution is -2.48. The number of fused-ring (bicyclic) bond motifs is 2. The van der Waals surface area contributed by atoms with Gasteiger partial charge in [0.2, 0.25) is 5.91 Å². The van der Waals surface area contributed by atoms with Crippen molar-refractivity contribution < 1.29 is 23.8 Å². The SMILES string of the molecule is COc1ccc(CCC(=O)N2CCC[C@@]3(C2)OC(=O)c2ccccc23)c(OC)c1. The molecule has 0 radical (unpaired) electrons. The van der Waals surface area contributed by atoms with Gasteiger partial charge in [-0.25, -0.2) is 4.79 Å². The van der Waals surface area contributed by atoms with Gasteiger partial charge in [0.05, 0.1) is 26.3 Å². The van der Waals surface area contributed by atoms with Crippen molar-refractivity contribution in [3.8, 4) is 11.5 Å². The fraction of sp³-hybridized carbons (Fsp3) is 0.391. The standard InChI is InChI=1S/C23H25NO5/c1-27-17-10-8-16(20(14-17)28-2)9-11-21(25)24-13-5-12-23(15-24)19-7-4-3-6-18(19)22(26)29-23/h3-4,6-8,10,14H,5,9,11-13,15H2,1-2H3/t23-/m0/s1. The van der Waals surface area contributed by atoms with Crippen LogP contribution in [0.25, 0.3) is 0 Å². The van der Waals surface area contributed by atoms with Crippen LogP contribution in [-0.4, -0.2) is 44.1 Å². The molecule has 0 N–H and O–H groups in total. The number of nitrogens with zero attached hydrogens (tertiary/aromatic N) is 1. The lowest BCUT2D eigenvalue weighted by molar-refractivity contribution is -0.138. The van der Waals surface area contributed by atoms with Crippen molar-refractivity contribution in [3.63, 3.8) is 0 Å². The predicted molar refractivity (Wildman–Crippen MR) is 107 cm³/mol. The van der Waals surface area contributed by atoms with Gasteiger partial charge in [-0.3, -0.25) is 4.79 Å². The number of esters is 1. The Morgan fingerprint density at radius 2 is 2.00 bits per heavy atom. The molecule has 0 aromatic heterocycles. The van der Waals surface area contributed by atoms with E-state index in [9.17, 15) is 9.59 Å². The van der Waals surface area contributed by atoms with Gasteiger partial charge in [-0.2, -0.15) is 0 Å². The number of carbonyl (C=O) groups excluding carboxylic acids is 2. The van der Waals surface area contributed by atoms with Crippen LogP contribution in [0.5, 0.6) is 11.5 Å². The molecule has 0 aliphatic carbocycles. The summed E-state index contributed by atoms with van der Waals surface area (Å²) in [6, 6.07) is 13.1. The fourth-order valence-electron chi connectivity index (χ4n) is 4.34. The molecule has 0 unspecified atom stereocenters. The van der Waals surface area contributed by atoms with Gasteiger partial charge in [-0.15, -0.1) is 0 Å². The molecule has 1 atom stereocenters. The Morgan fingerprint density at radius 3 is 2.79 bits per heavy atom. The summed E-state index contributed by atoms with van der Waals surface area (Å²) < 4.78 is 16.5. The summed E-state index contributed by atoms with van der Waals surface area (Å²) in [5.74, 6) is 1.20. The Bertz CT molecular complexity index is 941. The molecule has 2 aliphatic heterocycles. The van der Waals surface area contributed by atoms with E-state index in [1.807, 2.05) is 41.3 Å². The number of methoxy groups -OCH3 is 2. The van der Waals surface area contributed by atoms with E-state index in [2.05, 4.69) is 0 Å². The highest BCUT2D eigenvalue weighted by Gasteiger charge is 2.48. The molecular weight excluding hydrogens is 370 g/mol. The molecule has 29 heavy (non-hydrogen) atoms. The highest BCUT2D eigenvalue weighted by atomic mass is 16.6. The molecule has 1 fully saturated rings. The molecule has 6 heteroatoms. The number of piperidine rings is 1. The molecule has 2 aliphatic rings. The maximum absolute atomic E-state index is 12.9. The first kappa shape index (κ1) is 19.3. The van der Waals surface area contributed by atoms with Crippen LogP contribution in [0.1, 0.15) is 40.7 Å². The molecule has 0 bridgehead atoms. The quantitative estimate of drug-likeness (QED) is 0.727. The Kier molecular flexibility index (Phi) is 5.18. The van der Waals surface area contributed by atoms with Crippen LogP contribution in [0, 0.1) is 0 Å². The lowest BCUT2D eigenvalue weighted by atomic mass is 9.85. The van der Waals surface area contributed by atoms with Crippen molar-refractivity contribution in [2.24, 2.45) is 0 Å². The first-order valence-electron chi connectivity index (χ1n) is 9.88. The maximum Gasteiger partial charge on any atom is 0.339 e. The first-order valence-corrected chi connectivity index (χ1v) is 9.88. The van der Waals surface area contributed by atoms with Gasteiger partial charge < -0.3 is 19.1 Å². The second-order valence-corrected chi connectivity index (χ2v) is 7.53. The topological polar surface area (TPSA) is 65.1 Å². The van der Waals surface area contributed by atoms with E-state index in [-0.39, 0.29) is 11.9 Å². The number of rotatable bonds is 5. The minimum atomic E-state index is -0.709. The zero-order valence-corrected chi connectivity index (χ0v) is 16.8. The van der Waals surface area contributed by atoms with E-state index in [1.54, 1.807) is 20.3 Å². The monoisotopic (exact) mass is 395 g/mol. The van der Waals surface area contributed by atoms with E-state index >= 15 is 0 Å². The molecule has 4 rings (SSSR count). The van der Waals surface area contributed by atoms with Crippen LogP contribution in [0.3, 0.4) is 0 Å². The van der Waals surface area contributed by atoms with Gasteiger partial charge >= 0.3 is 5.97 Å². The first-order chi connectivity index (χ1) is 14.1. The molecule has 152 valence electrons. The molecule has 6 nitrogen and oxygen atoms in total. The summed E-state index contributed by atoms with van der Waals surface area (Å²) in [5, 5.41) is 0. The predicted octanol–water partition coefficient (Wildman–Crippen LogP) is 3.32. The van der Waals surface area contributed by atoms with Crippen molar-refractivity contribution in [3.05, 3.63) is 59.2 Å². The Hall–Kier alpha value is -3.02. The second-order valence-electron chi connectivity index (χ2n) is 7.53. The number of benzene rings is 2. The van der Waals surface area contributed by atoms with E-state index in [0.29, 0.717) is 37.2 Å². The Balaban J connectivity index is 1.46. The molecule has 1 spiro atoms. The van der Waals surface area contributed by atoms with E-state index in [0.717, 1.165) is 29.7 Å². The molecule has 2 aromatic rings. The zero-order chi connectivity index (χ0) is 20.4. The van der Waals surface area contributed by atoms with Crippen molar-refractivity contribution in [2.45, 2.75) is 31.3 Å². The van der Waals surface area contributed by atoms with Crippen molar-refractivity contribution in [1.29, 1.82) is 0 Å². The molecule has 2 aromatic carbocycles. The number of hydrogen-bond donors (Lipinski definition) is 0. The van der Waals surface area contributed by atoms with Crippen LogP contribution in [0.2, 0.25) is 0 Å². The maximum atomic E-state index is 12.9. The average molecular weight is 395 g/mol. The molecule has 1 saturated heterocycles. The van der Waals surface area contributed by atoms with Crippen LogP contribution in [0.15, 0.2) is 42.5 Å².